The van der Waals surface area contributed by atoms with E-state index in [9.17, 15) is 9.50 Å². The molecule has 0 unspecified atom stereocenters. The maximum Gasteiger partial charge on any atom is 0.212 e. The van der Waals surface area contributed by atoms with Crippen LogP contribution in [0.3, 0.4) is 0 Å². The van der Waals surface area contributed by atoms with Crippen LogP contribution in [0, 0.1) is 5.82 Å². The summed E-state index contributed by atoms with van der Waals surface area (Å²) in [5.41, 5.74) is 2.03. The fourth-order valence-corrected chi connectivity index (χ4v) is 3.35. The first-order chi connectivity index (χ1) is 12.2. The molecule has 1 N–H and O–H groups in total. The number of phenolic OH excluding ortho intramolecular Hbond substituents is 1. The van der Waals surface area contributed by atoms with Crippen molar-refractivity contribution in [1.29, 1.82) is 0 Å². The van der Waals surface area contributed by atoms with Gasteiger partial charge in [0.05, 0.1) is 12.8 Å². The summed E-state index contributed by atoms with van der Waals surface area (Å²) >= 11 is 1.47. The van der Waals surface area contributed by atoms with Gasteiger partial charge in [-0.2, -0.15) is 9.78 Å². The van der Waals surface area contributed by atoms with Crippen LogP contribution in [0.2, 0.25) is 0 Å². The molecule has 3 aromatic rings. The van der Waals surface area contributed by atoms with Gasteiger partial charge in [0.2, 0.25) is 5.16 Å². The van der Waals surface area contributed by atoms with Gasteiger partial charge in [0.1, 0.15) is 17.3 Å². The van der Waals surface area contributed by atoms with E-state index in [2.05, 4.69) is 15.3 Å². The van der Waals surface area contributed by atoms with Crippen molar-refractivity contribution in [2.24, 2.45) is 5.10 Å². The molecule has 2 heterocycles. The van der Waals surface area contributed by atoms with E-state index in [0.29, 0.717) is 39.3 Å². The largest absolute Gasteiger partial charge is 0.507 e. The van der Waals surface area contributed by atoms with Crippen LogP contribution >= 0.6 is 11.8 Å². The summed E-state index contributed by atoms with van der Waals surface area (Å²) in [6.07, 6.45) is 0. The number of nitrogens with zero attached hydrogens (tertiary/aromatic N) is 4. The molecule has 1 aliphatic rings. The molecule has 0 amide bonds. The predicted molar refractivity (Wildman–Crippen MR) is 92.7 cm³/mol. The number of thioether (sulfide) groups is 1. The van der Waals surface area contributed by atoms with Crippen LogP contribution in [0.4, 0.5) is 4.39 Å². The van der Waals surface area contributed by atoms with Gasteiger partial charge in [0.25, 0.3) is 0 Å². The Kier molecular flexibility index (Phi) is 3.89. The molecular formula is C17H13FN4O2S. The summed E-state index contributed by atoms with van der Waals surface area (Å²) in [7, 11) is 1.54. The molecule has 0 spiro atoms. The minimum Gasteiger partial charge on any atom is -0.507 e. The molecule has 0 radical (unpaired) electrons. The molecule has 0 saturated carbocycles. The van der Waals surface area contributed by atoms with Gasteiger partial charge in [-0.25, -0.2) is 4.39 Å². The van der Waals surface area contributed by atoms with Crippen LogP contribution in [0.15, 0.2) is 52.7 Å². The lowest BCUT2D eigenvalue weighted by atomic mass is 10.1. The van der Waals surface area contributed by atoms with E-state index in [-0.39, 0.29) is 11.6 Å². The molecule has 6 nitrogen and oxygen atoms in total. The van der Waals surface area contributed by atoms with Crippen molar-refractivity contribution in [3.63, 3.8) is 0 Å². The van der Waals surface area contributed by atoms with Gasteiger partial charge in [-0.1, -0.05) is 11.8 Å². The lowest BCUT2D eigenvalue weighted by Crippen LogP contribution is -2.14. The summed E-state index contributed by atoms with van der Waals surface area (Å²) in [6, 6.07) is 11.1. The molecule has 2 aromatic carbocycles. The first-order valence-corrected chi connectivity index (χ1v) is 8.43. The Morgan fingerprint density at radius 3 is 2.68 bits per heavy atom. The average Bonchev–Trinajstić information content (AvgIpc) is 3.05. The molecule has 0 aliphatic carbocycles. The first kappa shape index (κ1) is 15.6. The Morgan fingerprint density at radius 2 is 1.96 bits per heavy atom. The summed E-state index contributed by atoms with van der Waals surface area (Å²) in [4.78, 5) is 0. The topological polar surface area (TPSA) is 72.5 Å². The van der Waals surface area contributed by atoms with Crippen molar-refractivity contribution >= 4 is 17.5 Å². The van der Waals surface area contributed by atoms with E-state index in [0.717, 1.165) is 0 Å². The summed E-state index contributed by atoms with van der Waals surface area (Å²) < 4.78 is 19.9. The normalized spacial score (nSPS) is 13.3. The minimum atomic E-state index is -0.316. The van der Waals surface area contributed by atoms with Crippen LogP contribution in [-0.4, -0.2) is 38.6 Å². The molecule has 0 saturated heterocycles. The van der Waals surface area contributed by atoms with Gasteiger partial charge in [0, 0.05) is 22.9 Å². The third kappa shape index (κ3) is 2.85. The zero-order valence-corrected chi connectivity index (χ0v) is 14.0. The number of hydrogen-bond donors (Lipinski definition) is 1. The van der Waals surface area contributed by atoms with Crippen LogP contribution in [0.5, 0.6) is 11.5 Å². The van der Waals surface area contributed by atoms with Crippen LogP contribution < -0.4 is 4.74 Å². The Balaban J connectivity index is 1.77. The van der Waals surface area contributed by atoms with E-state index in [1.165, 1.54) is 23.9 Å². The van der Waals surface area contributed by atoms with Crippen molar-refractivity contribution in [2.45, 2.75) is 5.16 Å². The molecule has 8 heteroatoms. The molecule has 25 heavy (non-hydrogen) atoms. The Bertz CT molecular complexity index is 969. The lowest BCUT2D eigenvalue weighted by Gasteiger charge is -2.15. The van der Waals surface area contributed by atoms with Crippen molar-refractivity contribution < 1.29 is 14.2 Å². The zero-order chi connectivity index (χ0) is 17.4. The number of halogens is 1. The number of aromatic hydroxyl groups is 1. The number of hydrogen-bond acceptors (Lipinski definition) is 6. The number of aromatic nitrogens is 3. The van der Waals surface area contributed by atoms with E-state index < -0.39 is 0 Å². The number of rotatable bonds is 3. The highest BCUT2D eigenvalue weighted by atomic mass is 32.2. The van der Waals surface area contributed by atoms with E-state index in [4.69, 9.17) is 4.74 Å². The fraction of sp³-hybridized carbons (Fsp3) is 0.118. The minimum absolute atomic E-state index is 0.0959. The van der Waals surface area contributed by atoms with Gasteiger partial charge in [0.15, 0.2) is 5.82 Å². The summed E-state index contributed by atoms with van der Waals surface area (Å²) in [5.74, 6) is 1.43. The predicted octanol–water partition coefficient (Wildman–Crippen LogP) is 3.16. The molecule has 126 valence electrons. The van der Waals surface area contributed by atoms with Gasteiger partial charge in [-0.15, -0.1) is 10.2 Å². The fourth-order valence-electron chi connectivity index (χ4n) is 2.52. The van der Waals surface area contributed by atoms with Crippen molar-refractivity contribution in [1.82, 2.24) is 14.9 Å². The van der Waals surface area contributed by atoms with Crippen LogP contribution in [0.1, 0.15) is 5.56 Å². The number of methoxy groups -OCH3 is 1. The Morgan fingerprint density at radius 1 is 1.16 bits per heavy atom. The second kappa shape index (κ2) is 6.21. The van der Waals surface area contributed by atoms with Crippen molar-refractivity contribution in [2.75, 3.05) is 12.9 Å². The Labute approximate surface area is 147 Å². The molecule has 1 aliphatic heterocycles. The average molecular weight is 356 g/mol. The monoisotopic (exact) mass is 356 g/mol. The van der Waals surface area contributed by atoms with Crippen molar-refractivity contribution in [3.05, 3.63) is 53.8 Å². The molecule has 0 bridgehead atoms. The highest BCUT2D eigenvalue weighted by Gasteiger charge is 2.22. The van der Waals surface area contributed by atoms with Crippen molar-refractivity contribution in [3.8, 4) is 22.9 Å². The summed E-state index contributed by atoms with van der Waals surface area (Å²) in [6.45, 7) is 0. The number of phenols is 1. The molecular weight excluding hydrogens is 343 g/mol. The lowest BCUT2D eigenvalue weighted by molar-refractivity contribution is 0.407. The summed E-state index contributed by atoms with van der Waals surface area (Å²) in [5, 5.41) is 23.8. The maximum atomic E-state index is 13.1. The van der Waals surface area contributed by atoms with Crippen LogP contribution in [0.25, 0.3) is 11.4 Å². The van der Waals surface area contributed by atoms with Crippen LogP contribution in [-0.2, 0) is 0 Å². The number of benzene rings is 2. The second-order valence-corrected chi connectivity index (χ2v) is 6.29. The van der Waals surface area contributed by atoms with Gasteiger partial charge in [-0.3, -0.25) is 0 Å². The zero-order valence-electron chi connectivity index (χ0n) is 13.2. The number of fused-ring (bicyclic) bond motifs is 1. The van der Waals surface area contributed by atoms with Gasteiger partial charge < -0.3 is 9.84 Å². The van der Waals surface area contributed by atoms with Gasteiger partial charge >= 0.3 is 0 Å². The highest BCUT2D eigenvalue weighted by Crippen LogP contribution is 2.31. The smallest absolute Gasteiger partial charge is 0.212 e. The Hall–Kier alpha value is -2.87. The molecule has 4 rings (SSSR count). The highest BCUT2D eigenvalue weighted by molar-refractivity contribution is 7.99. The maximum absolute atomic E-state index is 13.1. The standard InChI is InChI=1S/C17H13FN4O2S/c1-24-12-6-7-13(15(23)8-12)14-9-25-17-20-19-16(22(17)21-14)10-2-4-11(18)5-3-10/h2-8,23H,9H2,1H3. The third-order valence-electron chi connectivity index (χ3n) is 3.79. The van der Waals surface area contributed by atoms with Gasteiger partial charge in [-0.05, 0) is 36.4 Å². The quantitative estimate of drug-likeness (QED) is 0.780. The number of ether oxygens (including phenoxy) is 1. The molecule has 0 fully saturated rings. The van der Waals surface area contributed by atoms with E-state index in [1.54, 1.807) is 42.1 Å². The second-order valence-electron chi connectivity index (χ2n) is 5.34. The van der Waals surface area contributed by atoms with E-state index in [1.807, 2.05) is 0 Å². The third-order valence-corrected chi connectivity index (χ3v) is 4.72. The SMILES string of the molecule is COc1ccc(C2=Nn3c(nnc3-c3ccc(F)cc3)SC2)c(O)c1. The molecule has 1 aromatic heterocycles. The first-order valence-electron chi connectivity index (χ1n) is 7.45. The van der Waals surface area contributed by atoms with E-state index >= 15 is 0 Å². The molecule has 0 atom stereocenters.